The Kier molecular flexibility index (Phi) is 8.11. The molecule has 2 fully saturated rings. The van der Waals surface area contributed by atoms with Gasteiger partial charge in [-0.2, -0.15) is 0 Å². The van der Waals surface area contributed by atoms with Crippen LogP contribution in [-0.4, -0.2) is 68.2 Å². The summed E-state index contributed by atoms with van der Waals surface area (Å²) < 4.78 is 0. The van der Waals surface area contributed by atoms with Crippen molar-refractivity contribution >= 4 is 51.6 Å². The molecule has 3 aliphatic rings. The molecule has 0 saturated carbocycles. The number of amides is 3. The van der Waals surface area contributed by atoms with Crippen LogP contribution in [0.5, 0.6) is 5.75 Å². The first kappa shape index (κ1) is 28.3. The van der Waals surface area contributed by atoms with Gasteiger partial charge in [-0.05, 0) is 55.2 Å². The monoisotopic (exact) mass is 560 g/mol. The average Bonchev–Trinajstić information content (AvgIpc) is 3.48. The van der Waals surface area contributed by atoms with Crippen LogP contribution in [-0.2, 0) is 19.2 Å². The molecule has 13 nitrogen and oxygen atoms in total. The average molecular weight is 561 g/mol. The fourth-order valence-electron chi connectivity index (χ4n) is 4.88. The summed E-state index contributed by atoms with van der Waals surface area (Å²) in [5, 5.41) is 37.9. The summed E-state index contributed by atoms with van der Waals surface area (Å²) in [6, 6.07) is 4.45. The molecule has 0 radical (unpaired) electrons. The van der Waals surface area contributed by atoms with E-state index in [0.717, 1.165) is 16.2 Å². The SMILES string of the molecule is Nc1nc(/C(=N/O)C(=O)N[C@@H]2C(=O)N3C(C(=O)[O-])=C(/C=C4\CCN(c5ccc(O)cc5)C4=O)CC[C@H]23)cs1.[Na+]. The van der Waals surface area contributed by atoms with E-state index >= 15 is 0 Å². The number of β-lactam (4-membered cyclic amide) rings is 1. The standard InChI is InChI=1S/C24H22N6O7S.Na/c25-24-26-15(10-38-24)17(28-37)20(32)27-18-16-6-1-11(19(23(35)36)30(16)22(18)34)9-12-7-8-29(21(12)33)13-2-4-14(31)5-3-13;/h2-5,9-10,16,18,31,37H,1,6-8H2,(H2,25,26)(H,27,32)(H,35,36);/q;+1/p-1/b12-9+,28-17-;/t16-,18+;/m1./s1. The number of hydrogen-bond acceptors (Lipinski definition) is 11. The number of thiazole rings is 1. The van der Waals surface area contributed by atoms with E-state index in [1.165, 1.54) is 28.5 Å². The number of aromatic nitrogens is 1. The number of aromatic hydroxyl groups is 1. The molecular formula is C24H21N6NaO7S. The van der Waals surface area contributed by atoms with E-state index < -0.39 is 35.6 Å². The number of hydrogen-bond donors (Lipinski definition) is 4. The van der Waals surface area contributed by atoms with Gasteiger partial charge >= 0.3 is 29.6 Å². The Labute approximate surface area is 247 Å². The number of oxime groups is 1. The van der Waals surface area contributed by atoms with Gasteiger partial charge in [0.05, 0.1) is 17.7 Å². The summed E-state index contributed by atoms with van der Waals surface area (Å²) in [7, 11) is 0. The van der Waals surface area contributed by atoms with E-state index in [1.807, 2.05) is 0 Å². The van der Waals surface area contributed by atoms with E-state index in [2.05, 4.69) is 15.5 Å². The Hall–Kier alpha value is -3.72. The Morgan fingerprint density at radius 3 is 2.56 bits per heavy atom. The number of benzene rings is 1. The van der Waals surface area contributed by atoms with Gasteiger partial charge in [0.2, 0.25) is 0 Å². The summed E-state index contributed by atoms with van der Waals surface area (Å²) in [5.74, 6) is -3.35. The second-order valence-electron chi connectivity index (χ2n) is 8.84. The number of anilines is 2. The summed E-state index contributed by atoms with van der Waals surface area (Å²) in [6.07, 6.45) is 2.40. The van der Waals surface area contributed by atoms with Crippen molar-refractivity contribution in [2.24, 2.45) is 5.16 Å². The van der Waals surface area contributed by atoms with Crippen molar-refractivity contribution in [1.29, 1.82) is 0 Å². The molecule has 5 N–H and O–H groups in total. The topological polar surface area (TPSA) is 202 Å². The van der Waals surface area contributed by atoms with Crippen molar-refractivity contribution in [1.82, 2.24) is 15.2 Å². The molecule has 1 aromatic carbocycles. The first-order chi connectivity index (χ1) is 18.2. The molecule has 1 aromatic heterocycles. The molecule has 2 atom stereocenters. The van der Waals surface area contributed by atoms with Gasteiger partial charge in [-0.15, -0.1) is 11.3 Å². The number of phenolic OH excluding ortho intramolecular Hbond substituents is 1. The third-order valence-electron chi connectivity index (χ3n) is 6.67. The van der Waals surface area contributed by atoms with Crippen LogP contribution in [0.4, 0.5) is 10.8 Å². The van der Waals surface area contributed by atoms with Crippen molar-refractivity contribution in [3.05, 3.63) is 58.3 Å². The number of phenols is 1. The fraction of sp³-hybridized carbons (Fsp3) is 0.250. The number of carboxylic acids is 1. The van der Waals surface area contributed by atoms with Gasteiger partial charge < -0.3 is 41.1 Å². The number of allylic oxidation sites excluding steroid dienone is 2. The minimum Gasteiger partial charge on any atom is -0.543 e. The molecule has 0 spiro atoms. The van der Waals surface area contributed by atoms with Crippen LogP contribution in [0.3, 0.4) is 0 Å². The zero-order valence-corrected chi connectivity index (χ0v) is 23.5. The van der Waals surface area contributed by atoms with Crippen LogP contribution in [0.2, 0.25) is 0 Å². The smallest absolute Gasteiger partial charge is 0.543 e. The van der Waals surface area contributed by atoms with Crippen LogP contribution in [0.15, 0.2) is 57.7 Å². The van der Waals surface area contributed by atoms with Gasteiger partial charge in [0.25, 0.3) is 17.7 Å². The van der Waals surface area contributed by atoms with Crippen LogP contribution in [0, 0.1) is 0 Å². The van der Waals surface area contributed by atoms with E-state index in [4.69, 9.17) is 5.73 Å². The maximum Gasteiger partial charge on any atom is 1.00 e. The Balaban J connectivity index is 0.00000353. The van der Waals surface area contributed by atoms with Crippen molar-refractivity contribution in [3.8, 4) is 5.75 Å². The predicted octanol–water partition coefficient (Wildman–Crippen LogP) is -3.53. The number of carbonyl (C=O) groups is 4. The zero-order valence-electron chi connectivity index (χ0n) is 20.7. The molecule has 3 aliphatic heterocycles. The molecule has 0 unspecified atom stereocenters. The number of nitrogens with one attached hydrogen (secondary N) is 1. The summed E-state index contributed by atoms with van der Waals surface area (Å²) >= 11 is 1.04. The van der Waals surface area contributed by atoms with Crippen molar-refractivity contribution < 1.29 is 64.2 Å². The molecule has 2 saturated heterocycles. The second-order valence-corrected chi connectivity index (χ2v) is 9.73. The number of carbonyl (C=O) groups excluding carboxylic acids is 4. The largest absolute Gasteiger partial charge is 1.00 e. The fourth-order valence-corrected chi connectivity index (χ4v) is 5.42. The van der Waals surface area contributed by atoms with E-state index in [-0.39, 0.29) is 69.7 Å². The zero-order chi connectivity index (χ0) is 27.1. The molecule has 4 heterocycles. The summed E-state index contributed by atoms with van der Waals surface area (Å²) in [5.41, 5.74) is 6.08. The van der Waals surface area contributed by atoms with Gasteiger partial charge in [0.15, 0.2) is 10.8 Å². The molecule has 2 aromatic rings. The van der Waals surface area contributed by atoms with Crippen LogP contribution in [0.25, 0.3) is 0 Å². The summed E-state index contributed by atoms with van der Waals surface area (Å²) in [6.45, 7) is 0.377. The van der Waals surface area contributed by atoms with Crippen LogP contribution in [0.1, 0.15) is 25.0 Å². The minimum absolute atomic E-state index is 0. The number of nitrogen functional groups attached to an aromatic ring is 1. The Bertz CT molecular complexity index is 1450. The number of aliphatic carboxylic acids is 1. The Morgan fingerprint density at radius 2 is 1.95 bits per heavy atom. The van der Waals surface area contributed by atoms with Crippen LogP contribution >= 0.6 is 11.3 Å². The van der Waals surface area contributed by atoms with E-state index in [9.17, 15) is 34.6 Å². The van der Waals surface area contributed by atoms with Crippen molar-refractivity contribution in [3.63, 3.8) is 0 Å². The maximum atomic E-state index is 13.0. The number of carboxylic acid groups (broad SMARTS) is 1. The van der Waals surface area contributed by atoms with E-state index in [1.54, 1.807) is 12.1 Å². The van der Waals surface area contributed by atoms with Crippen LogP contribution < -0.4 is 50.6 Å². The molecule has 39 heavy (non-hydrogen) atoms. The number of nitrogens with two attached hydrogens (primary N) is 1. The molecule has 3 amide bonds. The van der Waals surface area contributed by atoms with Crippen molar-refractivity contribution in [2.75, 3.05) is 17.2 Å². The molecule has 196 valence electrons. The van der Waals surface area contributed by atoms with Crippen molar-refractivity contribution in [2.45, 2.75) is 31.3 Å². The Morgan fingerprint density at radius 1 is 1.23 bits per heavy atom. The third kappa shape index (κ3) is 5.15. The van der Waals surface area contributed by atoms with Gasteiger partial charge in [0.1, 0.15) is 17.5 Å². The van der Waals surface area contributed by atoms with Gasteiger partial charge in [-0.3, -0.25) is 14.4 Å². The first-order valence-electron chi connectivity index (χ1n) is 11.5. The maximum absolute atomic E-state index is 13.0. The summed E-state index contributed by atoms with van der Waals surface area (Å²) in [4.78, 5) is 57.1. The van der Waals surface area contributed by atoms with Gasteiger partial charge in [-0.1, -0.05) is 5.16 Å². The first-order valence-corrected chi connectivity index (χ1v) is 12.4. The van der Waals surface area contributed by atoms with Gasteiger partial charge in [0, 0.05) is 23.2 Å². The molecule has 0 aliphatic carbocycles. The van der Waals surface area contributed by atoms with E-state index in [0.29, 0.717) is 30.6 Å². The van der Waals surface area contributed by atoms with Gasteiger partial charge in [-0.25, -0.2) is 4.98 Å². The minimum atomic E-state index is -1.57. The molecular weight excluding hydrogens is 539 g/mol. The molecule has 0 bridgehead atoms. The number of nitrogens with zero attached hydrogens (tertiary/aromatic N) is 4. The normalized spacial score (nSPS) is 21.9. The second kappa shape index (κ2) is 11.2. The molecule has 5 rings (SSSR count). The molecule has 15 heteroatoms. The third-order valence-corrected chi connectivity index (χ3v) is 7.34. The number of fused-ring (bicyclic) bond motifs is 1. The number of rotatable bonds is 6. The predicted molar refractivity (Wildman–Crippen MR) is 132 cm³/mol. The quantitative estimate of drug-likeness (QED) is 0.0690.